The number of rotatable bonds is 6. The number of hydrogen-bond acceptors (Lipinski definition) is 3. The summed E-state index contributed by atoms with van der Waals surface area (Å²) in [5, 5.41) is 3.78. The Hall–Kier alpha value is -1.06. The summed E-state index contributed by atoms with van der Waals surface area (Å²) in [6.45, 7) is 11.0. The van der Waals surface area contributed by atoms with Gasteiger partial charge in [0.15, 0.2) is 0 Å². The van der Waals surface area contributed by atoms with Crippen LogP contribution in [-0.2, 0) is 0 Å². The molecule has 2 unspecified atom stereocenters. The minimum Gasteiger partial charge on any atom is -0.487 e. The lowest BCUT2D eigenvalue weighted by Crippen LogP contribution is -2.42. The van der Waals surface area contributed by atoms with Crippen molar-refractivity contribution in [2.75, 3.05) is 27.2 Å². The number of aryl methyl sites for hydroxylation is 2. The fraction of sp³-hybridized carbons (Fsp3) is 0.684. The molecular weight excluding hydrogens is 272 g/mol. The van der Waals surface area contributed by atoms with Crippen molar-refractivity contribution in [1.29, 1.82) is 0 Å². The van der Waals surface area contributed by atoms with Gasteiger partial charge in [-0.2, -0.15) is 0 Å². The standard InChI is InChI=1S/C19H32N2O/c1-7-19(4)13-16(20-9-8-10-21(5)6)18-15(3)11-14(2)12-17(18)22-19/h11-12,16,20H,7-10,13H2,1-6H3. The van der Waals surface area contributed by atoms with E-state index >= 15 is 0 Å². The van der Waals surface area contributed by atoms with Crippen LogP contribution in [0, 0.1) is 13.8 Å². The molecule has 0 spiro atoms. The fourth-order valence-corrected chi connectivity index (χ4v) is 3.37. The van der Waals surface area contributed by atoms with Crippen LogP contribution in [0.3, 0.4) is 0 Å². The van der Waals surface area contributed by atoms with Gasteiger partial charge in [-0.25, -0.2) is 0 Å². The van der Waals surface area contributed by atoms with Gasteiger partial charge >= 0.3 is 0 Å². The van der Waals surface area contributed by atoms with Crippen molar-refractivity contribution in [1.82, 2.24) is 10.2 Å². The zero-order valence-electron chi connectivity index (χ0n) is 15.1. The molecule has 0 bridgehead atoms. The summed E-state index contributed by atoms with van der Waals surface area (Å²) in [6, 6.07) is 4.87. The monoisotopic (exact) mass is 304 g/mol. The third-order valence-electron chi connectivity index (χ3n) is 4.75. The lowest BCUT2D eigenvalue weighted by atomic mass is 9.84. The first-order valence-electron chi connectivity index (χ1n) is 8.53. The maximum absolute atomic E-state index is 6.36. The Kier molecular flexibility index (Phi) is 5.51. The van der Waals surface area contributed by atoms with E-state index in [0.717, 1.165) is 31.7 Å². The number of benzene rings is 1. The second-order valence-corrected chi connectivity index (χ2v) is 7.27. The molecule has 22 heavy (non-hydrogen) atoms. The zero-order chi connectivity index (χ0) is 16.3. The van der Waals surface area contributed by atoms with E-state index < -0.39 is 0 Å². The highest BCUT2D eigenvalue weighted by atomic mass is 16.5. The number of nitrogens with one attached hydrogen (secondary N) is 1. The van der Waals surface area contributed by atoms with Crippen molar-refractivity contribution < 1.29 is 4.74 Å². The average Bonchev–Trinajstić information content (AvgIpc) is 2.42. The van der Waals surface area contributed by atoms with Crippen LogP contribution in [0.25, 0.3) is 0 Å². The van der Waals surface area contributed by atoms with Crippen LogP contribution in [0.4, 0.5) is 0 Å². The number of fused-ring (bicyclic) bond motifs is 1. The smallest absolute Gasteiger partial charge is 0.125 e. The molecular formula is C19H32N2O. The molecule has 1 heterocycles. The molecule has 0 fully saturated rings. The Balaban J connectivity index is 2.18. The van der Waals surface area contributed by atoms with E-state index in [2.05, 4.69) is 64.1 Å². The van der Waals surface area contributed by atoms with E-state index in [9.17, 15) is 0 Å². The van der Waals surface area contributed by atoms with Gasteiger partial charge in [-0.05, 0) is 78.0 Å². The highest BCUT2D eigenvalue weighted by Gasteiger charge is 2.36. The molecule has 1 aliphatic rings. The van der Waals surface area contributed by atoms with Crippen molar-refractivity contribution in [3.63, 3.8) is 0 Å². The Morgan fingerprint density at radius 1 is 1.32 bits per heavy atom. The molecule has 1 aromatic rings. The molecule has 0 aromatic heterocycles. The summed E-state index contributed by atoms with van der Waals surface area (Å²) in [5.74, 6) is 1.08. The quantitative estimate of drug-likeness (QED) is 0.808. The molecule has 124 valence electrons. The first-order chi connectivity index (χ1) is 10.3. The summed E-state index contributed by atoms with van der Waals surface area (Å²) in [6.07, 6.45) is 3.26. The fourth-order valence-electron chi connectivity index (χ4n) is 3.37. The van der Waals surface area contributed by atoms with E-state index in [1.165, 1.54) is 23.1 Å². The van der Waals surface area contributed by atoms with Gasteiger partial charge in [0.25, 0.3) is 0 Å². The average molecular weight is 304 g/mol. The molecule has 2 atom stereocenters. The lowest BCUT2D eigenvalue weighted by molar-refractivity contribution is 0.0438. The molecule has 0 saturated heterocycles. The molecule has 3 heteroatoms. The van der Waals surface area contributed by atoms with Gasteiger partial charge in [0, 0.05) is 18.0 Å². The molecule has 0 radical (unpaired) electrons. The zero-order valence-corrected chi connectivity index (χ0v) is 15.1. The minimum atomic E-state index is -0.0630. The topological polar surface area (TPSA) is 24.5 Å². The second-order valence-electron chi connectivity index (χ2n) is 7.27. The normalized spacial score (nSPS) is 24.2. The Bertz CT molecular complexity index is 512. The van der Waals surface area contributed by atoms with Gasteiger partial charge < -0.3 is 15.0 Å². The third kappa shape index (κ3) is 4.02. The van der Waals surface area contributed by atoms with E-state index in [1.54, 1.807) is 0 Å². The van der Waals surface area contributed by atoms with E-state index in [0.29, 0.717) is 6.04 Å². The van der Waals surface area contributed by atoms with Crippen LogP contribution in [0.5, 0.6) is 5.75 Å². The van der Waals surface area contributed by atoms with Gasteiger partial charge in [-0.1, -0.05) is 13.0 Å². The summed E-state index contributed by atoms with van der Waals surface area (Å²) >= 11 is 0. The predicted octanol–water partition coefficient (Wildman–Crippen LogP) is 3.84. The van der Waals surface area contributed by atoms with Gasteiger partial charge in [-0.3, -0.25) is 0 Å². The van der Waals surface area contributed by atoms with Crippen molar-refractivity contribution in [3.05, 3.63) is 28.8 Å². The Labute approximate surface area is 136 Å². The molecule has 1 aliphatic heterocycles. The molecule has 2 rings (SSSR count). The molecule has 1 aromatic carbocycles. The van der Waals surface area contributed by atoms with Crippen LogP contribution in [0.1, 0.15) is 55.8 Å². The first-order valence-corrected chi connectivity index (χ1v) is 8.53. The van der Waals surface area contributed by atoms with Crippen molar-refractivity contribution in [3.8, 4) is 5.75 Å². The SMILES string of the molecule is CCC1(C)CC(NCCCN(C)C)c2c(C)cc(C)cc2O1. The minimum absolute atomic E-state index is 0.0630. The molecule has 0 aliphatic carbocycles. The number of nitrogens with zero attached hydrogens (tertiary/aromatic N) is 1. The largest absolute Gasteiger partial charge is 0.487 e. The lowest BCUT2D eigenvalue weighted by Gasteiger charge is -2.41. The summed E-state index contributed by atoms with van der Waals surface area (Å²) in [7, 11) is 4.26. The van der Waals surface area contributed by atoms with E-state index in [4.69, 9.17) is 4.74 Å². The summed E-state index contributed by atoms with van der Waals surface area (Å²) in [5.41, 5.74) is 3.93. The van der Waals surface area contributed by atoms with Crippen molar-refractivity contribution >= 4 is 0 Å². The summed E-state index contributed by atoms with van der Waals surface area (Å²) < 4.78 is 6.36. The van der Waals surface area contributed by atoms with Crippen LogP contribution in [-0.4, -0.2) is 37.7 Å². The maximum Gasteiger partial charge on any atom is 0.125 e. The highest BCUT2D eigenvalue weighted by molar-refractivity contribution is 5.47. The van der Waals surface area contributed by atoms with Gasteiger partial charge in [0.1, 0.15) is 11.4 Å². The molecule has 0 saturated carbocycles. The molecule has 0 amide bonds. The Morgan fingerprint density at radius 2 is 2.05 bits per heavy atom. The van der Waals surface area contributed by atoms with Crippen LogP contribution < -0.4 is 10.1 Å². The number of ether oxygens (including phenoxy) is 1. The van der Waals surface area contributed by atoms with E-state index in [-0.39, 0.29) is 5.60 Å². The highest BCUT2D eigenvalue weighted by Crippen LogP contribution is 2.43. The van der Waals surface area contributed by atoms with Crippen LogP contribution in [0.2, 0.25) is 0 Å². The third-order valence-corrected chi connectivity index (χ3v) is 4.75. The van der Waals surface area contributed by atoms with Crippen LogP contribution in [0.15, 0.2) is 12.1 Å². The molecule has 3 nitrogen and oxygen atoms in total. The maximum atomic E-state index is 6.36. The van der Waals surface area contributed by atoms with Crippen LogP contribution >= 0.6 is 0 Å². The van der Waals surface area contributed by atoms with Gasteiger partial charge in [0.2, 0.25) is 0 Å². The molecule has 1 N–H and O–H groups in total. The van der Waals surface area contributed by atoms with Crippen molar-refractivity contribution in [2.24, 2.45) is 0 Å². The second kappa shape index (κ2) is 7.01. The van der Waals surface area contributed by atoms with E-state index in [1.807, 2.05) is 0 Å². The van der Waals surface area contributed by atoms with Gasteiger partial charge in [-0.15, -0.1) is 0 Å². The predicted molar refractivity (Wildman–Crippen MR) is 93.8 cm³/mol. The summed E-state index contributed by atoms with van der Waals surface area (Å²) in [4.78, 5) is 2.24. The van der Waals surface area contributed by atoms with Gasteiger partial charge in [0.05, 0.1) is 0 Å². The van der Waals surface area contributed by atoms with Crippen molar-refractivity contribution in [2.45, 2.75) is 58.6 Å². The number of hydrogen-bond donors (Lipinski definition) is 1. The Morgan fingerprint density at radius 3 is 2.68 bits per heavy atom. The first kappa shape index (κ1) is 17.3.